The standard InChI is InChI=1S/C20H19F3N6/c21-20(22,23)17-10-15-14(5-8-26-19(15)29-17)16-3-1-2-12-11-25-7-4-13(12)18(28-16)27-9-6-24/h3-5,7-8,10-11H,1-2,6,9,24H2,(H,26,29)(H,27,28). The van der Waals surface area contributed by atoms with Gasteiger partial charge in [-0.1, -0.05) is 6.08 Å². The maximum absolute atomic E-state index is 13.2. The van der Waals surface area contributed by atoms with Crippen LogP contribution < -0.4 is 11.1 Å². The maximum atomic E-state index is 13.2. The minimum Gasteiger partial charge on any atom is -0.340 e. The topological polar surface area (TPSA) is 92.0 Å². The van der Waals surface area contributed by atoms with Crippen LogP contribution in [0, 0.1) is 0 Å². The Labute approximate surface area is 164 Å². The third kappa shape index (κ3) is 3.86. The highest BCUT2D eigenvalue weighted by molar-refractivity contribution is 6.06. The second-order valence-electron chi connectivity index (χ2n) is 6.63. The van der Waals surface area contributed by atoms with Crippen LogP contribution in [0.25, 0.3) is 16.7 Å². The first-order valence-corrected chi connectivity index (χ1v) is 9.17. The summed E-state index contributed by atoms with van der Waals surface area (Å²) in [6, 6.07) is 4.67. The summed E-state index contributed by atoms with van der Waals surface area (Å²) in [5.74, 6) is 0.621. The van der Waals surface area contributed by atoms with Crippen molar-refractivity contribution in [3.8, 4) is 0 Å². The molecule has 1 aliphatic heterocycles. The number of aromatic nitrogens is 3. The van der Waals surface area contributed by atoms with E-state index in [1.807, 2.05) is 12.1 Å². The van der Waals surface area contributed by atoms with Crippen molar-refractivity contribution in [2.75, 3.05) is 13.1 Å². The molecule has 1 aliphatic rings. The van der Waals surface area contributed by atoms with Gasteiger partial charge in [-0.3, -0.25) is 9.98 Å². The summed E-state index contributed by atoms with van der Waals surface area (Å²) in [7, 11) is 0. The molecule has 9 heteroatoms. The lowest BCUT2D eigenvalue weighted by molar-refractivity contribution is -0.140. The van der Waals surface area contributed by atoms with Crippen LogP contribution in [0.4, 0.5) is 13.2 Å². The van der Waals surface area contributed by atoms with E-state index in [2.05, 4.69) is 25.3 Å². The Morgan fingerprint density at radius 1 is 1.17 bits per heavy atom. The number of aromatic amines is 1. The van der Waals surface area contributed by atoms with E-state index in [1.165, 1.54) is 6.20 Å². The number of allylic oxidation sites excluding steroid dienone is 1. The van der Waals surface area contributed by atoms with Crippen LogP contribution in [-0.2, 0) is 12.6 Å². The van der Waals surface area contributed by atoms with E-state index in [1.54, 1.807) is 18.5 Å². The van der Waals surface area contributed by atoms with Gasteiger partial charge in [-0.2, -0.15) is 13.2 Å². The average Bonchev–Trinajstić information content (AvgIpc) is 3.13. The largest absolute Gasteiger partial charge is 0.431 e. The van der Waals surface area contributed by atoms with Gasteiger partial charge in [0.05, 0.1) is 6.54 Å². The normalized spacial score (nSPS) is 16.1. The zero-order chi connectivity index (χ0) is 20.4. The molecule has 0 unspecified atom stereocenters. The first-order valence-electron chi connectivity index (χ1n) is 9.17. The molecule has 0 amide bonds. The van der Waals surface area contributed by atoms with E-state index in [9.17, 15) is 13.2 Å². The fraction of sp³-hybridized carbons (Fsp3) is 0.250. The van der Waals surface area contributed by atoms with Crippen molar-refractivity contribution in [2.24, 2.45) is 10.7 Å². The number of aryl methyl sites for hydroxylation is 1. The first kappa shape index (κ1) is 19.1. The van der Waals surface area contributed by atoms with E-state index >= 15 is 0 Å². The van der Waals surface area contributed by atoms with Gasteiger partial charge in [0.1, 0.15) is 17.2 Å². The molecule has 4 heterocycles. The molecule has 0 spiro atoms. The molecule has 0 radical (unpaired) electrons. The summed E-state index contributed by atoms with van der Waals surface area (Å²) >= 11 is 0. The zero-order valence-corrected chi connectivity index (χ0v) is 15.4. The summed E-state index contributed by atoms with van der Waals surface area (Å²) in [5.41, 5.74) is 8.24. The number of hydrogen-bond acceptors (Lipinski definition) is 4. The van der Waals surface area contributed by atoms with Gasteiger partial charge >= 0.3 is 6.18 Å². The van der Waals surface area contributed by atoms with Crippen LogP contribution in [0.5, 0.6) is 0 Å². The van der Waals surface area contributed by atoms with Crippen molar-refractivity contribution in [1.82, 2.24) is 20.3 Å². The summed E-state index contributed by atoms with van der Waals surface area (Å²) < 4.78 is 39.5. The van der Waals surface area contributed by atoms with Crippen LogP contribution in [0.3, 0.4) is 0 Å². The molecule has 29 heavy (non-hydrogen) atoms. The van der Waals surface area contributed by atoms with E-state index in [0.29, 0.717) is 42.0 Å². The van der Waals surface area contributed by atoms with Gasteiger partial charge in [-0.05, 0) is 36.6 Å². The van der Waals surface area contributed by atoms with Gasteiger partial charge in [0.25, 0.3) is 0 Å². The predicted molar refractivity (Wildman–Crippen MR) is 105 cm³/mol. The number of nitrogens with two attached hydrogens (primary N) is 1. The van der Waals surface area contributed by atoms with Crippen LogP contribution in [0.2, 0.25) is 0 Å². The molecule has 3 aromatic rings. The monoisotopic (exact) mass is 400 g/mol. The SMILES string of the molecule is NCCN=C1NC(c2ccnc3[nH]c(C(F)(F)F)cc23)=CCCc2cnccc21. The summed E-state index contributed by atoms with van der Waals surface area (Å²) in [4.78, 5) is 15.1. The number of aliphatic imine (C=N–C) groups is 1. The molecular formula is C20H19F3N6. The second kappa shape index (κ2) is 7.67. The van der Waals surface area contributed by atoms with E-state index < -0.39 is 11.9 Å². The lowest BCUT2D eigenvalue weighted by Crippen LogP contribution is -2.27. The molecule has 150 valence electrons. The first-order chi connectivity index (χ1) is 14.0. The number of fused-ring (bicyclic) bond motifs is 2. The van der Waals surface area contributed by atoms with E-state index in [0.717, 1.165) is 23.6 Å². The molecular weight excluding hydrogens is 381 g/mol. The lowest BCUT2D eigenvalue weighted by Gasteiger charge is -2.19. The molecule has 0 aliphatic carbocycles. The van der Waals surface area contributed by atoms with Gasteiger partial charge < -0.3 is 16.0 Å². The number of hydrogen-bond donors (Lipinski definition) is 3. The van der Waals surface area contributed by atoms with Gasteiger partial charge in [0.2, 0.25) is 0 Å². The van der Waals surface area contributed by atoms with Crippen molar-refractivity contribution >= 4 is 22.6 Å². The van der Waals surface area contributed by atoms with Crippen molar-refractivity contribution in [2.45, 2.75) is 19.0 Å². The number of halogens is 3. The number of pyridine rings is 2. The Bertz CT molecular complexity index is 1100. The molecule has 4 N–H and O–H groups in total. The highest BCUT2D eigenvalue weighted by Gasteiger charge is 2.33. The van der Waals surface area contributed by atoms with Crippen LogP contribution in [0.1, 0.15) is 28.8 Å². The molecule has 0 aromatic carbocycles. The quantitative estimate of drug-likeness (QED) is 0.629. The molecule has 0 saturated heterocycles. The lowest BCUT2D eigenvalue weighted by atomic mass is 9.99. The Kier molecular flexibility index (Phi) is 5.06. The number of nitrogens with one attached hydrogen (secondary N) is 2. The Morgan fingerprint density at radius 2 is 2.00 bits per heavy atom. The molecule has 0 atom stereocenters. The minimum absolute atomic E-state index is 0.185. The highest BCUT2D eigenvalue weighted by Crippen LogP contribution is 2.33. The summed E-state index contributed by atoms with van der Waals surface area (Å²) in [5, 5.41) is 3.70. The third-order valence-corrected chi connectivity index (χ3v) is 4.70. The van der Waals surface area contributed by atoms with Crippen molar-refractivity contribution in [3.05, 3.63) is 65.2 Å². The van der Waals surface area contributed by atoms with E-state index in [-0.39, 0.29) is 5.65 Å². The molecule has 4 rings (SSSR count). The third-order valence-electron chi connectivity index (χ3n) is 4.70. The summed E-state index contributed by atoms with van der Waals surface area (Å²) in [6.45, 7) is 0.808. The maximum Gasteiger partial charge on any atom is 0.431 e. The molecule has 3 aromatic heterocycles. The zero-order valence-electron chi connectivity index (χ0n) is 15.4. The average molecular weight is 400 g/mol. The molecule has 0 fully saturated rings. The number of H-pyrrole nitrogens is 1. The van der Waals surface area contributed by atoms with Crippen LogP contribution in [0.15, 0.2) is 47.9 Å². The van der Waals surface area contributed by atoms with Gasteiger partial charge in [0, 0.05) is 47.3 Å². The van der Waals surface area contributed by atoms with Crippen LogP contribution in [-0.4, -0.2) is 33.9 Å². The number of alkyl halides is 3. The van der Waals surface area contributed by atoms with Gasteiger partial charge in [-0.15, -0.1) is 0 Å². The number of amidine groups is 1. The number of rotatable bonds is 3. The highest BCUT2D eigenvalue weighted by atomic mass is 19.4. The minimum atomic E-state index is -4.47. The molecule has 0 bridgehead atoms. The van der Waals surface area contributed by atoms with E-state index in [4.69, 9.17) is 5.73 Å². The van der Waals surface area contributed by atoms with Crippen molar-refractivity contribution in [1.29, 1.82) is 0 Å². The molecule has 6 nitrogen and oxygen atoms in total. The Morgan fingerprint density at radius 3 is 2.79 bits per heavy atom. The fourth-order valence-corrected chi connectivity index (χ4v) is 3.37. The van der Waals surface area contributed by atoms with Gasteiger partial charge in [-0.25, -0.2) is 4.98 Å². The predicted octanol–water partition coefficient (Wildman–Crippen LogP) is 3.26. The van der Waals surface area contributed by atoms with Crippen LogP contribution >= 0.6 is 0 Å². The van der Waals surface area contributed by atoms with Crippen molar-refractivity contribution in [3.63, 3.8) is 0 Å². The Hall–Kier alpha value is -3.20. The second-order valence-corrected chi connectivity index (χ2v) is 6.63. The Balaban J connectivity index is 1.80. The smallest absolute Gasteiger partial charge is 0.340 e. The fourth-order valence-electron chi connectivity index (χ4n) is 3.37. The summed E-state index contributed by atoms with van der Waals surface area (Å²) in [6.07, 6.45) is 3.92. The number of nitrogens with zero attached hydrogens (tertiary/aromatic N) is 3. The molecule has 0 saturated carbocycles. The van der Waals surface area contributed by atoms with Crippen molar-refractivity contribution < 1.29 is 13.2 Å². The van der Waals surface area contributed by atoms with Gasteiger partial charge in [0.15, 0.2) is 0 Å².